The van der Waals surface area contributed by atoms with Crippen molar-refractivity contribution in [2.45, 2.75) is 37.0 Å². The molecule has 25 heavy (non-hydrogen) atoms. The number of carbonyl (C=O) groups excluding carboxylic acids is 1. The number of ether oxygens (including phenoxy) is 1. The van der Waals surface area contributed by atoms with E-state index in [1.165, 1.54) is 11.3 Å². The van der Waals surface area contributed by atoms with Crippen LogP contribution in [-0.2, 0) is 17.6 Å². The summed E-state index contributed by atoms with van der Waals surface area (Å²) in [5, 5.41) is 13.1. The van der Waals surface area contributed by atoms with Crippen LogP contribution in [0.25, 0.3) is 0 Å². The second kappa shape index (κ2) is 8.41. The van der Waals surface area contributed by atoms with Crippen molar-refractivity contribution in [1.82, 2.24) is 0 Å². The van der Waals surface area contributed by atoms with Crippen LogP contribution in [0.15, 0.2) is 29.2 Å². The fraction of sp³-hybridized carbons (Fsp3) is 0.368. The van der Waals surface area contributed by atoms with E-state index in [0.717, 1.165) is 40.5 Å². The van der Waals surface area contributed by atoms with Crippen molar-refractivity contribution in [2.24, 2.45) is 0 Å². The Morgan fingerprint density at radius 3 is 2.96 bits per heavy atom. The van der Waals surface area contributed by atoms with Crippen LogP contribution < -0.4 is 10.1 Å². The first-order valence-electron chi connectivity index (χ1n) is 8.33. The number of rotatable bonds is 6. The molecule has 0 saturated heterocycles. The minimum absolute atomic E-state index is 0.0440. The molecule has 1 aromatic carbocycles. The van der Waals surface area contributed by atoms with Gasteiger partial charge in [0.25, 0.3) is 0 Å². The van der Waals surface area contributed by atoms with Crippen molar-refractivity contribution in [3.8, 4) is 11.8 Å². The van der Waals surface area contributed by atoms with Crippen molar-refractivity contribution in [2.75, 3.05) is 18.2 Å². The average Bonchev–Trinajstić information content (AvgIpc) is 2.98. The summed E-state index contributed by atoms with van der Waals surface area (Å²) in [5.74, 6) is 1.45. The smallest absolute Gasteiger partial charge is 0.225 e. The first-order chi connectivity index (χ1) is 12.2. The number of para-hydroxylation sites is 1. The van der Waals surface area contributed by atoms with Crippen molar-refractivity contribution in [3.63, 3.8) is 0 Å². The van der Waals surface area contributed by atoms with Crippen LogP contribution in [0.3, 0.4) is 0 Å². The predicted octanol–water partition coefficient (Wildman–Crippen LogP) is 4.63. The lowest BCUT2D eigenvalue weighted by molar-refractivity contribution is -0.115. The van der Waals surface area contributed by atoms with Crippen molar-refractivity contribution < 1.29 is 9.53 Å². The van der Waals surface area contributed by atoms with Gasteiger partial charge in [-0.2, -0.15) is 5.26 Å². The van der Waals surface area contributed by atoms with Gasteiger partial charge in [-0.1, -0.05) is 12.1 Å². The Kier molecular flexibility index (Phi) is 6.00. The Bertz CT molecular complexity index is 808. The highest BCUT2D eigenvalue weighted by Crippen LogP contribution is 2.37. The molecule has 1 N–H and O–H groups in total. The number of amides is 1. The third-order valence-corrected chi connectivity index (χ3v) is 6.46. The number of thiophene rings is 1. The molecule has 0 aliphatic heterocycles. The van der Waals surface area contributed by atoms with Gasteiger partial charge in [-0.15, -0.1) is 23.1 Å². The van der Waals surface area contributed by atoms with Crippen LogP contribution in [0.5, 0.6) is 5.75 Å². The first kappa shape index (κ1) is 17.8. The van der Waals surface area contributed by atoms with E-state index in [0.29, 0.717) is 17.7 Å². The summed E-state index contributed by atoms with van der Waals surface area (Å²) in [7, 11) is 1.65. The molecular formula is C19H20N2O2S2. The molecule has 0 fully saturated rings. The maximum Gasteiger partial charge on any atom is 0.225 e. The maximum atomic E-state index is 12.3. The molecule has 1 amide bonds. The van der Waals surface area contributed by atoms with Crippen LogP contribution in [0, 0.1) is 11.3 Å². The summed E-state index contributed by atoms with van der Waals surface area (Å²) in [4.78, 5) is 14.6. The van der Waals surface area contributed by atoms with Crippen molar-refractivity contribution in [1.29, 1.82) is 5.26 Å². The van der Waals surface area contributed by atoms with E-state index >= 15 is 0 Å². The summed E-state index contributed by atoms with van der Waals surface area (Å²) in [6.07, 6.45) is 4.67. The number of fused-ring (bicyclic) bond motifs is 1. The van der Waals surface area contributed by atoms with E-state index in [9.17, 15) is 10.1 Å². The molecule has 1 aliphatic carbocycles. The Balaban J connectivity index is 1.58. The van der Waals surface area contributed by atoms with Gasteiger partial charge in [-0.3, -0.25) is 4.79 Å². The molecule has 3 rings (SSSR count). The summed E-state index contributed by atoms with van der Waals surface area (Å²) >= 11 is 3.17. The number of thioether (sulfide) groups is 1. The van der Waals surface area contributed by atoms with Gasteiger partial charge in [0, 0.05) is 21.9 Å². The summed E-state index contributed by atoms with van der Waals surface area (Å²) < 4.78 is 5.32. The van der Waals surface area contributed by atoms with Gasteiger partial charge in [-0.25, -0.2) is 0 Å². The summed E-state index contributed by atoms with van der Waals surface area (Å²) in [5.41, 5.74) is 1.82. The second-order valence-corrected chi connectivity index (χ2v) is 8.07. The zero-order valence-electron chi connectivity index (χ0n) is 14.1. The standard InChI is InChI=1S/C19H20N2O2S2/c1-23-15-7-3-5-9-17(15)24-11-10-18(22)21-19-14(12-20)13-6-2-4-8-16(13)25-19/h3,5,7,9H,2,4,6,8,10-11H2,1H3,(H,21,22). The lowest BCUT2D eigenvalue weighted by Gasteiger charge is -2.09. The van der Waals surface area contributed by atoms with E-state index < -0.39 is 0 Å². The third-order valence-electron chi connectivity index (χ3n) is 4.19. The monoisotopic (exact) mass is 372 g/mol. The molecule has 0 radical (unpaired) electrons. The maximum absolute atomic E-state index is 12.3. The molecule has 1 heterocycles. The summed E-state index contributed by atoms with van der Waals surface area (Å²) in [6, 6.07) is 10.1. The van der Waals surface area contributed by atoms with Gasteiger partial charge in [0.1, 0.15) is 16.8 Å². The number of nitrogens with zero attached hydrogens (tertiary/aromatic N) is 1. The van der Waals surface area contributed by atoms with E-state index in [1.54, 1.807) is 30.2 Å². The number of hydrogen-bond donors (Lipinski definition) is 1. The molecule has 1 aromatic heterocycles. The molecule has 0 saturated carbocycles. The second-order valence-electron chi connectivity index (χ2n) is 5.82. The van der Waals surface area contributed by atoms with Gasteiger partial charge in [-0.05, 0) is 43.4 Å². The van der Waals surface area contributed by atoms with E-state index in [-0.39, 0.29) is 5.91 Å². The number of methoxy groups -OCH3 is 1. The van der Waals surface area contributed by atoms with E-state index in [2.05, 4.69) is 11.4 Å². The van der Waals surface area contributed by atoms with Crippen LogP contribution in [-0.4, -0.2) is 18.8 Å². The lowest BCUT2D eigenvalue weighted by Crippen LogP contribution is -2.12. The summed E-state index contributed by atoms with van der Waals surface area (Å²) in [6.45, 7) is 0. The Morgan fingerprint density at radius 1 is 1.36 bits per heavy atom. The number of carbonyl (C=O) groups is 1. The highest BCUT2D eigenvalue weighted by atomic mass is 32.2. The molecule has 0 atom stereocenters. The van der Waals surface area contributed by atoms with Gasteiger partial charge in [0.2, 0.25) is 5.91 Å². The van der Waals surface area contributed by atoms with E-state index in [1.807, 2.05) is 24.3 Å². The molecular weight excluding hydrogens is 352 g/mol. The third kappa shape index (κ3) is 4.17. The van der Waals surface area contributed by atoms with Gasteiger partial charge < -0.3 is 10.1 Å². The molecule has 0 bridgehead atoms. The molecule has 0 spiro atoms. The van der Waals surface area contributed by atoms with Gasteiger partial charge in [0.05, 0.1) is 12.7 Å². The molecule has 6 heteroatoms. The SMILES string of the molecule is COc1ccccc1SCCC(=O)Nc1sc2c(c1C#N)CCCC2. The van der Waals surface area contributed by atoms with Gasteiger partial charge >= 0.3 is 0 Å². The lowest BCUT2D eigenvalue weighted by atomic mass is 9.96. The number of benzene rings is 1. The van der Waals surface area contributed by atoms with Crippen molar-refractivity contribution >= 4 is 34.0 Å². The largest absolute Gasteiger partial charge is 0.496 e. The van der Waals surface area contributed by atoms with Crippen LogP contribution in [0.2, 0.25) is 0 Å². The van der Waals surface area contributed by atoms with Crippen LogP contribution >= 0.6 is 23.1 Å². The topological polar surface area (TPSA) is 62.1 Å². The minimum atomic E-state index is -0.0440. The number of hydrogen-bond acceptors (Lipinski definition) is 5. The fourth-order valence-corrected chi connectivity index (χ4v) is 5.18. The number of nitrogens with one attached hydrogen (secondary N) is 1. The van der Waals surface area contributed by atoms with Crippen molar-refractivity contribution in [3.05, 3.63) is 40.3 Å². The normalized spacial score (nSPS) is 13.0. The highest BCUT2D eigenvalue weighted by molar-refractivity contribution is 7.99. The average molecular weight is 373 g/mol. The Morgan fingerprint density at radius 2 is 2.16 bits per heavy atom. The quantitative estimate of drug-likeness (QED) is 0.751. The Hall–Kier alpha value is -1.97. The molecule has 130 valence electrons. The minimum Gasteiger partial charge on any atom is -0.496 e. The fourth-order valence-electron chi connectivity index (χ4n) is 2.95. The highest BCUT2D eigenvalue weighted by Gasteiger charge is 2.21. The number of nitriles is 1. The van der Waals surface area contributed by atoms with E-state index in [4.69, 9.17) is 4.74 Å². The number of aryl methyl sites for hydroxylation is 1. The van der Waals surface area contributed by atoms with Crippen LogP contribution in [0.1, 0.15) is 35.3 Å². The molecule has 1 aliphatic rings. The molecule has 2 aromatic rings. The Labute approximate surface area is 156 Å². The molecule has 0 unspecified atom stereocenters. The van der Waals surface area contributed by atoms with Gasteiger partial charge in [0.15, 0.2) is 0 Å². The first-order valence-corrected chi connectivity index (χ1v) is 10.1. The molecule has 4 nitrogen and oxygen atoms in total. The van der Waals surface area contributed by atoms with Crippen LogP contribution in [0.4, 0.5) is 5.00 Å². The number of anilines is 1. The zero-order valence-corrected chi connectivity index (χ0v) is 15.8. The zero-order chi connectivity index (χ0) is 17.6. The predicted molar refractivity (Wildman–Crippen MR) is 103 cm³/mol.